The zero-order valence-electron chi connectivity index (χ0n) is 56.0. The Kier molecular flexibility index (Phi) is 63.7. The summed E-state index contributed by atoms with van der Waals surface area (Å²) in [5.41, 5.74) is 0. The number of aliphatic hydroxyl groups is 1. The highest BCUT2D eigenvalue weighted by molar-refractivity contribution is 7.45. The summed E-state index contributed by atoms with van der Waals surface area (Å²) < 4.78 is 23.5. The van der Waals surface area contributed by atoms with Crippen LogP contribution in [0.5, 0.6) is 0 Å². The smallest absolute Gasteiger partial charge is 0.268 e. The molecular formula is C73H145N2O6P. The van der Waals surface area contributed by atoms with Crippen molar-refractivity contribution >= 4 is 13.7 Å². The maximum Gasteiger partial charge on any atom is 0.268 e. The lowest BCUT2D eigenvalue weighted by Gasteiger charge is -2.30. The molecule has 3 atom stereocenters. The number of phosphoric ester groups is 1. The highest BCUT2D eigenvalue weighted by atomic mass is 31.2. The van der Waals surface area contributed by atoms with Crippen molar-refractivity contribution in [1.82, 2.24) is 5.32 Å². The maximum absolute atomic E-state index is 13.1. The summed E-state index contributed by atoms with van der Waals surface area (Å²) in [6.07, 6.45) is 84.1. The van der Waals surface area contributed by atoms with Crippen molar-refractivity contribution in [2.24, 2.45) is 0 Å². The third-order valence-corrected chi connectivity index (χ3v) is 18.2. The van der Waals surface area contributed by atoms with Crippen LogP contribution >= 0.6 is 7.82 Å². The second-order valence-electron chi connectivity index (χ2n) is 26.7. The average Bonchev–Trinajstić information content (AvgIpc) is 3.47. The molecule has 82 heavy (non-hydrogen) atoms. The van der Waals surface area contributed by atoms with Gasteiger partial charge in [-0.15, -0.1) is 0 Å². The molecule has 0 fully saturated rings. The number of aliphatic hydroxyl groups excluding tert-OH is 1. The molecule has 488 valence electrons. The van der Waals surface area contributed by atoms with Crippen LogP contribution in [0.2, 0.25) is 0 Å². The van der Waals surface area contributed by atoms with E-state index < -0.39 is 20.0 Å². The molecule has 0 aliphatic heterocycles. The molecule has 0 aromatic carbocycles. The first-order valence-corrected chi connectivity index (χ1v) is 38.1. The van der Waals surface area contributed by atoms with Gasteiger partial charge in [-0.3, -0.25) is 9.36 Å². The Hall–Kier alpha value is -1.02. The van der Waals surface area contributed by atoms with E-state index in [2.05, 4.69) is 43.5 Å². The molecule has 0 saturated heterocycles. The lowest BCUT2D eigenvalue weighted by molar-refractivity contribution is -0.870. The number of phosphoric acid groups is 1. The van der Waals surface area contributed by atoms with E-state index in [1.165, 1.54) is 315 Å². The summed E-state index contributed by atoms with van der Waals surface area (Å²) in [5.74, 6) is -0.155. The van der Waals surface area contributed by atoms with Gasteiger partial charge in [-0.1, -0.05) is 359 Å². The Morgan fingerprint density at radius 3 is 1.01 bits per heavy atom. The lowest BCUT2D eigenvalue weighted by atomic mass is 10.0. The van der Waals surface area contributed by atoms with Crippen LogP contribution in [0.1, 0.15) is 386 Å². The monoisotopic (exact) mass is 1180 g/mol. The van der Waals surface area contributed by atoms with Crippen LogP contribution in [-0.2, 0) is 18.4 Å². The van der Waals surface area contributed by atoms with Crippen molar-refractivity contribution in [3.8, 4) is 0 Å². The van der Waals surface area contributed by atoms with E-state index in [-0.39, 0.29) is 19.1 Å². The van der Waals surface area contributed by atoms with Gasteiger partial charge >= 0.3 is 0 Å². The SMILES string of the molecule is CCCCCCC/C=C\C/C=C\CCCCCCCCCCCCCCCCCCCCCCCCCCCC(=O)NC(COP(=O)([O-])OCC[N+](C)(C)C)C(O)CCCCCCCCCCCCCCCCCCCCCCCCC. The third kappa shape index (κ3) is 66.5. The molecule has 0 spiro atoms. The molecule has 2 N–H and O–H groups in total. The van der Waals surface area contributed by atoms with Gasteiger partial charge in [0.1, 0.15) is 13.2 Å². The van der Waals surface area contributed by atoms with Crippen LogP contribution in [0.25, 0.3) is 0 Å². The number of allylic oxidation sites excluding steroid dienone is 4. The first kappa shape index (κ1) is 81.0. The molecule has 0 aliphatic rings. The zero-order valence-corrected chi connectivity index (χ0v) is 56.9. The number of hydrogen-bond donors (Lipinski definition) is 2. The Morgan fingerprint density at radius 2 is 0.707 bits per heavy atom. The molecule has 0 aromatic rings. The van der Waals surface area contributed by atoms with Gasteiger partial charge in [-0.05, 0) is 44.9 Å². The van der Waals surface area contributed by atoms with Crippen molar-refractivity contribution in [2.45, 2.75) is 398 Å². The number of quaternary nitrogens is 1. The maximum atomic E-state index is 13.1. The van der Waals surface area contributed by atoms with Gasteiger partial charge in [-0.2, -0.15) is 0 Å². The molecule has 0 aromatic heterocycles. The molecule has 0 bridgehead atoms. The van der Waals surface area contributed by atoms with Crippen molar-refractivity contribution < 1.29 is 32.9 Å². The van der Waals surface area contributed by atoms with Gasteiger partial charge in [0.15, 0.2) is 0 Å². The minimum Gasteiger partial charge on any atom is -0.756 e. The summed E-state index contributed by atoms with van der Waals surface area (Å²) in [5, 5.41) is 14.1. The predicted octanol–water partition coefficient (Wildman–Crippen LogP) is 22.8. The Labute approximate surface area is 513 Å². The topological polar surface area (TPSA) is 108 Å². The fourth-order valence-electron chi connectivity index (χ4n) is 11.5. The van der Waals surface area contributed by atoms with Crippen molar-refractivity contribution in [2.75, 3.05) is 40.9 Å². The Bertz CT molecular complexity index is 1390. The second-order valence-corrected chi connectivity index (χ2v) is 28.1. The number of nitrogens with one attached hydrogen (secondary N) is 1. The number of carbonyl (C=O) groups is 1. The lowest BCUT2D eigenvalue weighted by Crippen LogP contribution is -2.46. The van der Waals surface area contributed by atoms with Crippen LogP contribution in [0.3, 0.4) is 0 Å². The van der Waals surface area contributed by atoms with Gasteiger partial charge in [0, 0.05) is 6.42 Å². The van der Waals surface area contributed by atoms with Crippen LogP contribution < -0.4 is 10.2 Å². The molecule has 0 aliphatic carbocycles. The van der Waals surface area contributed by atoms with Gasteiger partial charge in [0.2, 0.25) is 5.91 Å². The first-order chi connectivity index (χ1) is 40.0. The average molecular weight is 1180 g/mol. The number of carbonyl (C=O) groups excluding carboxylic acids is 1. The molecule has 0 radical (unpaired) electrons. The van der Waals surface area contributed by atoms with Crippen LogP contribution in [0.4, 0.5) is 0 Å². The minimum atomic E-state index is -4.58. The standard InChI is InChI=1S/C73H145N2O6P/c1-6-8-10-12-14-16-18-20-22-24-26-28-30-31-32-33-34-35-36-37-38-39-40-41-42-43-45-47-49-51-53-55-57-59-61-63-65-67-73(77)74-71(70-81-82(78,79)80-69-68-75(3,4)5)72(76)66-64-62-60-58-56-54-52-50-48-46-44-29-27-25-23-21-19-17-15-13-11-9-7-2/h18,20,24,26,71-72,76H,6-17,19,21-23,25,27-70H2,1-5H3,(H-,74,77,78,79)/b20-18-,26-24-. The molecule has 8 nitrogen and oxygen atoms in total. The van der Waals surface area contributed by atoms with E-state index >= 15 is 0 Å². The molecule has 1 amide bonds. The van der Waals surface area contributed by atoms with E-state index in [0.29, 0.717) is 23.9 Å². The fraction of sp³-hybridized carbons (Fsp3) is 0.932. The summed E-state index contributed by atoms with van der Waals surface area (Å²) in [4.78, 5) is 25.7. The molecule has 0 heterocycles. The van der Waals surface area contributed by atoms with E-state index in [1.807, 2.05) is 21.1 Å². The minimum absolute atomic E-state index is 0.0156. The molecule has 9 heteroatoms. The summed E-state index contributed by atoms with van der Waals surface area (Å²) in [6, 6.07) is -0.799. The molecule has 0 saturated carbocycles. The number of likely N-dealkylation sites (N-methyl/N-ethyl adjacent to an activating group) is 1. The summed E-state index contributed by atoms with van der Waals surface area (Å²) >= 11 is 0. The van der Waals surface area contributed by atoms with E-state index in [9.17, 15) is 19.4 Å². The second kappa shape index (κ2) is 64.5. The third-order valence-electron chi connectivity index (χ3n) is 17.2. The van der Waals surface area contributed by atoms with Crippen molar-refractivity contribution in [1.29, 1.82) is 0 Å². The van der Waals surface area contributed by atoms with E-state index in [0.717, 1.165) is 44.9 Å². The highest BCUT2D eigenvalue weighted by Crippen LogP contribution is 2.38. The largest absolute Gasteiger partial charge is 0.756 e. The van der Waals surface area contributed by atoms with Crippen molar-refractivity contribution in [3.63, 3.8) is 0 Å². The highest BCUT2D eigenvalue weighted by Gasteiger charge is 2.24. The number of nitrogens with zero attached hydrogens (tertiary/aromatic N) is 1. The van der Waals surface area contributed by atoms with Crippen LogP contribution in [0, 0.1) is 0 Å². The summed E-state index contributed by atoms with van der Waals surface area (Å²) in [6.45, 7) is 4.78. The van der Waals surface area contributed by atoms with Crippen molar-refractivity contribution in [3.05, 3.63) is 24.3 Å². The van der Waals surface area contributed by atoms with Gasteiger partial charge in [0.25, 0.3) is 7.82 Å². The fourth-order valence-corrected chi connectivity index (χ4v) is 12.2. The number of rotatable bonds is 69. The zero-order chi connectivity index (χ0) is 59.8. The van der Waals surface area contributed by atoms with Gasteiger partial charge in [0.05, 0.1) is 39.9 Å². The van der Waals surface area contributed by atoms with Gasteiger partial charge in [-0.25, -0.2) is 0 Å². The Morgan fingerprint density at radius 1 is 0.427 bits per heavy atom. The van der Waals surface area contributed by atoms with Crippen LogP contribution in [-0.4, -0.2) is 68.5 Å². The summed E-state index contributed by atoms with van der Waals surface area (Å²) in [7, 11) is 1.33. The number of amides is 1. The molecule has 0 rings (SSSR count). The Balaban J connectivity index is 3.92. The quantitative estimate of drug-likeness (QED) is 0.0272. The predicted molar refractivity (Wildman–Crippen MR) is 358 cm³/mol. The van der Waals surface area contributed by atoms with E-state index in [4.69, 9.17) is 9.05 Å². The van der Waals surface area contributed by atoms with Crippen LogP contribution in [0.15, 0.2) is 24.3 Å². The number of hydrogen-bond acceptors (Lipinski definition) is 6. The molecule has 3 unspecified atom stereocenters. The normalized spacial score (nSPS) is 13.7. The van der Waals surface area contributed by atoms with Gasteiger partial charge < -0.3 is 28.8 Å². The first-order valence-electron chi connectivity index (χ1n) is 36.7. The van der Waals surface area contributed by atoms with E-state index in [1.54, 1.807) is 0 Å². The number of unbranched alkanes of at least 4 members (excludes halogenated alkanes) is 52. The molecular weight excluding hydrogens is 1030 g/mol.